The van der Waals surface area contributed by atoms with Gasteiger partial charge in [-0.1, -0.05) is 18.5 Å². The molecule has 4 nitrogen and oxygen atoms in total. The summed E-state index contributed by atoms with van der Waals surface area (Å²) in [5.74, 6) is -0.404. The standard InChI is InChI=1S/C15H19ClO4/c1-4-11-7-9(2)19-15(20-11)12-8-10(14(17)18-3)5-6-13(12)16/h5-6,8-9,11,15H,4,7H2,1-3H3. The Morgan fingerprint density at radius 3 is 2.85 bits per heavy atom. The summed E-state index contributed by atoms with van der Waals surface area (Å²) in [4.78, 5) is 11.6. The molecule has 0 spiro atoms. The van der Waals surface area contributed by atoms with Crippen molar-refractivity contribution in [3.05, 3.63) is 34.3 Å². The van der Waals surface area contributed by atoms with Gasteiger partial charge in [-0.2, -0.15) is 0 Å². The van der Waals surface area contributed by atoms with E-state index in [0.29, 0.717) is 16.1 Å². The zero-order valence-electron chi connectivity index (χ0n) is 11.9. The summed E-state index contributed by atoms with van der Waals surface area (Å²) in [7, 11) is 1.35. The highest BCUT2D eigenvalue weighted by atomic mass is 35.5. The fourth-order valence-electron chi connectivity index (χ4n) is 2.28. The fraction of sp³-hybridized carbons (Fsp3) is 0.533. The van der Waals surface area contributed by atoms with Crippen LogP contribution in [0.4, 0.5) is 0 Å². The Morgan fingerprint density at radius 1 is 1.45 bits per heavy atom. The Morgan fingerprint density at radius 2 is 2.20 bits per heavy atom. The number of hydrogen-bond acceptors (Lipinski definition) is 4. The van der Waals surface area contributed by atoms with Crippen molar-refractivity contribution in [3.8, 4) is 0 Å². The van der Waals surface area contributed by atoms with Gasteiger partial charge in [-0.3, -0.25) is 0 Å². The van der Waals surface area contributed by atoms with Crippen molar-refractivity contribution in [2.45, 2.75) is 45.2 Å². The molecule has 5 heteroatoms. The van der Waals surface area contributed by atoms with E-state index in [9.17, 15) is 4.79 Å². The van der Waals surface area contributed by atoms with E-state index in [0.717, 1.165) is 12.8 Å². The number of ether oxygens (including phenoxy) is 3. The molecule has 1 aromatic carbocycles. The number of halogens is 1. The third-order valence-electron chi connectivity index (χ3n) is 3.39. The van der Waals surface area contributed by atoms with E-state index in [2.05, 4.69) is 6.92 Å². The van der Waals surface area contributed by atoms with Crippen molar-refractivity contribution in [2.24, 2.45) is 0 Å². The molecule has 3 atom stereocenters. The number of hydrogen-bond donors (Lipinski definition) is 0. The van der Waals surface area contributed by atoms with Crippen LogP contribution in [0, 0.1) is 0 Å². The molecule has 1 fully saturated rings. The SMILES string of the molecule is CCC1CC(C)OC(c2cc(C(=O)OC)ccc2Cl)O1. The van der Waals surface area contributed by atoms with Gasteiger partial charge in [-0.25, -0.2) is 4.79 Å². The predicted octanol–water partition coefficient (Wildman–Crippen LogP) is 3.73. The van der Waals surface area contributed by atoms with Crippen LogP contribution < -0.4 is 0 Å². The van der Waals surface area contributed by atoms with Crippen LogP contribution >= 0.6 is 11.6 Å². The van der Waals surface area contributed by atoms with Crippen LogP contribution in [0.1, 0.15) is 48.9 Å². The van der Waals surface area contributed by atoms with E-state index >= 15 is 0 Å². The van der Waals surface area contributed by atoms with Crippen LogP contribution in [0.3, 0.4) is 0 Å². The lowest BCUT2D eigenvalue weighted by molar-refractivity contribution is -0.243. The summed E-state index contributed by atoms with van der Waals surface area (Å²) in [6.07, 6.45) is 1.47. The summed E-state index contributed by atoms with van der Waals surface area (Å²) >= 11 is 6.20. The summed E-state index contributed by atoms with van der Waals surface area (Å²) in [5, 5.41) is 0.520. The lowest BCUT2D eigenvalue weighted by atomic mass is 10.1. The summed E-state index contributed by atoms with van der Waals surface area (Å²) in [6.45, 7) is 4.09. The lowest BCUT2D eigenvalue weighted by Gasteiger charge is -2.34. The number of esters is 1. The number of methoxy groups -OCH3 is 1. The summed E-state index contributed by atoms with van der Waals surface area (Å²) < 4.78 is 16.4. The monoisotopic (exact) mass is 298 g/mol. The Bertz CT molecular complexity index is 489. The molecule has 1 aliphatic heterocycles. The summed E-state index contributed by atoms with van der Waals surface area (Å²) in [5.41, 5.74) is 1.10. The van der Waals surface area contributed by atoms with Crippen LogP contribution in [-0.4, -0.2) is 25.3 Å². The molecular formula is C15H19ClO4. The highest BCUT2D eigenvalue weighted by molar-refractivity contribution is 6.31. The minimum Gasteiger partial charge on any atom is -0.465 e. The first kappa shape index (κ1) is 15.3. The van der Waals surface area contributed by atoms with Crippen molar-refractivity contribution < 1.29 is 19.0 Å². The first-order chi connectivity index (χ1) is 9.55. The number of carbonyl (C=O) groups is 1. The molecule has 1 saturated heterocycles. The highest BCUT2D eigenvalue weighted by Gasteiger charge is 2.29. The minimum atomic E-state index is -0.541. The first-order valence-corrected chi connectivity index (χ1v) is 7.11. The molecule has 0 bridgehead atoms. The third kappa shape index (κ3) is 3.32. The Labute approximate surface area is 124 Å². The molecule has 1 aliphatic rings. The number of carbonyl (C=O) groups excluding carboxylic acids is 1. The Kier molecular flexibility index (Phi) is 5.02. The topological polar surface area (TPSA) is 44.8 Å². The maximum atomic E-state index is 11.6. The van der Waals surface area contributed by atoms with Crippen LogP contribution in [0.5, 0.6) is 0 Å². The van der Waals surface area contributed by atoms with Crippen molar-refractivity contribution >= 4 is 17.6 Å². The maximum absolute atomic E-state index is 11.6. The van der Waals surface area contributed by atoms with Gasteiger partial charge >= 0.3 is 5.97 Å². The van der Waals surface area contributed by atoms with Gasteiger partial charge in [0.2, 0.25) is 0 Å². The van der Waals surface area contributed by atoms with Crippen molar-refractivity contribution in [1.82, 2.24) is 0 Å². The lowest BCUT2D eigenvalue weighted by Crippen LogP contribution is -2.32. The van der Waals surface area contributed by atoms with E-state index in [1.807, 2.05) is 6.92 Å². The molecule has 110 valence electrons. The van der Waals surface area contributed by atoms with E-state index < -0.39 is 12.3 Å². The second-order valence-electron chi connectivity index (χ2n) is 4.91. The molecule has 20 heavy (non-hydrogen) atoms. The number of benzene rings is 1. The molecular weight excluding hydrogens is 280 g/mol. The zero-order chi connectivity index (χ0) is 14.7. The average molecular weight is 299 g/mol. The van der Waals surface area contributed by atoms with E-state index in [1.54, 1.807) is 18.2 Å². The van der Waals surface area contributed by atoms with Gasteiger partial charge in [0.25, 0.3) is 0 Å². The summed E-state index contributed by atoms with van der Waals surface area (Å²) in [6, 6.07) is 4.96. The molecule has 3 unspecified atom stereocenters. The van der Waals surface area contributed by atoms with E-state index in [1.165, 1.54) is 7.11 Å². The van der Waals surface area contributed by atoms with E-state index in [-0.39, 0.29) is 12.2 Å². The zero-order valence-corrected chi connectivity index (χ0v) is 12.6. The van der Waals surface area contributed by atoms with Crippen molar-refractivity contribution in [1.29, 1.82) is 0 Å². The van der Waals surface area contributed by atoms with Crippen LogP contribution in [0.15, 0.2) is 18.2 Å². The van der Waals surface area contributed by atoms with Gasteiger partial charge in [-0.15, -0.1) is 0 Å². The molecule has 1 aromatic rings. The molecule has 0 radical (unpaired) electrons. The predicted molar refractivity (Wildman–Crippen MR) is 75.9 cm³/mol. The normalized spacial score (nSPS) is 26.3. The third-order valence-corrected chi connectivity index (χ3v) is 3.74. The van der Waals surface area contributed by atoms with Gasteiger partial charge in [0, 0.05) is 10.6 Å². The molecule has 1 heterocycles. The van der Waals surface area contributed by atoms with E-state index in [4.69, 9.17) is 25.8 Å². The van der Waals surface area contributed by atoms with Crippen LogP contribution in [-0.2, 0) is 14.2 Å². The second kappa shape index (κ2) is 6.57. The number of rotatable bonds is 3. The van der Waals surface area contributed by atoms with Crippen molar-refractivity contribution in [3.63, 3.8) is 0 Å². The molecule has 0 N–H and O–H groups in total. The smallest absolute Gasteiger partial charge is 0.337 e. The molecule has 0 aliphatic carbocycles. The van der Waals surface area contributed by atoms with Gasteiger partial charge in [0.05, 0.1) is 24.9 Å². The fourth-order valence-corrected chi connectivity index (χ4v) is 2.48. The largest absolute Gasteiger partial charge is 0.465 e. The average Bonchev–Trinajstić information content (AvgIpc) is 2.46. The first-order valence-electron chi connectivity index (χ1n) is 6.73. The van der Waals surface area contributed by atoms with Gasteiger partial charge in [0.15, 0.2) is 6.29 Å². The second-order valence-corrected chi connectivity index (χ2v) is 5.32. The highest BCUT2D eigenvalue weighted by Crippen LogP contribution is 2.35. The van der Waals surface area contributed by atoms with Gasteiger partial charge < -0.3 is 14.2 Å². The molecule has 0 aromatic heterocycles. The maximum Gasteiger partial charge on any atom is 0.337 e. The Balaban J connectivity index is 2.28. The quantitative estimate of drug-likeness (QED) is 0.798. The molecule has 0 amide bonds. The molecule has 0 saturated carbocycles. The molecule has 2 rings (SSSR count). The Hall–Kier alpha value is -1.10. The van der Waals surface area contributed by atoms with Gasteiger partial charge in [0.1, 0.15) is 0 Å². The van der Waals surface area contributed by atoms with Crippen LogP contribution in [0.2, 0.25) is 5.02 Å². The van der Waals surface area contributed by atoms with Crippen LogP contribution in [0.25, 0.3) is 0 Å². The van der Waals surface area contributed by atoms with Crippen molar-refractivity contribution in [2.75, 3.05) is 7.11 Å². The van der Waals surface area contributed by atoms with Gasteiger partial charge in [-0.05, 0) is 38.0 Å². The minimum absolute atomic E-state index is 0.0940.